The molecule has 1 N–H and O–H groups in total. The van der Waals surface area contributed by atoms with Crippen LogP contribution in [-0.4, -0.2) is 50.9 Å². The van der Waals surface area contributed by atoms with Crippen molar-refractivity contribution in [3.8, 4) is 11.5 Å². The van der Waals surface area contributed by atoms with Crippen LogP contribution in [-0.2, 0) is 4.74 Å². The molecule has 2 aromatic rings. The van der Waals surface area contributed by atoms with Gasteiger partial charge < -0.3 is 24.4 Å². The number of carbonyl (C=O) groups excluding carboxylic acids is 1. The molecule has 144 valence electrons. The number of hydrogen-bond acceptors (Lipinski definition) is 6. The number of pyridine rings is 1. The Morgan fingerprint density at radius 3 is 2.67 bits per heavy atom. The van der Waals surface area contributed by atoms with Crippen molar-refractivity contribution in [1.82, 2.24) is 4.98 Å². The summed E-state index contributed by atoms with van der Waals surface area (Å²) in [4.78, 5) is 18.9. The summed E-state index contributed by atoms with van der Waals surface area (Å²) in [6.07, 6.45) is 1.51. The van der Waals surface area contributed by atoms with E-state index in [1.807, 2.05) is 0 Å². The molecule has 1 aromatic carbocycles. The summed E-state index contributed by atoms with van der Waals surface area (Å²) < 4.78 is 40.2. The molecule has 1 aliphatic rings. The van der Waals surface area contributed by atoms with Crippen molar-refractivity contribution in [2.24, 2.45) is 0 Å². The topological polar surface area (TPSA) is 72.9 Å². The van der Waals surface area contributed by atoms with Crippen molar-refractivity contribution < 1.29 is 27.8 Å². The lowest BCUT2D eigenvalue weighted by Gasteiger charge is -2.27. The van der Waals surface area contributed by atoms with Crippen LogP contribution in [0.1, 0.15) is 10.4 Å². The van der Waals surface area contributed by atoms with Gasteiger partial charge in [-0.25, -0.2) is 4.98 Å². The molecular weight excluding hydrogens is 360 g/mol. The summed E-state index contributed by atoms with van der Waals surface area (Å²) in [5.41, 5.74) is 0.370. The molecule has 7 nitrogen and oxygen atoms in total. The number of ether oxygens (including phenoxy) is 3. The van der Waals surface area contributed by atoms with E-state index in [9.17, 15) is 13.6 Å². The molecule has 1 fully saturated rings. The van der Waals surface area contributed by atoms with Gasteiger partial charge in [0.25, 0.3) is 5.91 Å². The first kappa shape index (κ1) is 18.8. The predicted octanol–water partition coefficient (Wildman–Crippen LogP) is 2.78. The molecular formula is C18H19F2N3O4. The number of nitrogens with one attached hydrogen (secondary N) is 1. The summed E-state index contributed by atoms with van der Waals surface area (Å²) >= 11 is 0. The van der Waals surface area contributed by atoms with Crippen LogP contribution >= 0.6 is 0 Å². The summed E-state index contributed by atoms with van der Waals surface area (Å²) in [7, 11) is 1.31. The third-order valence-corrected chi connectivity index (χ3v) is 3.99. The number of carbonyl (C=O) groups is 1. The van der Waals surface area contributed by atoms with Crippen molar-refractivity contribution in [3.63, 3.8) is 0 Å². The van der Waals surface area contributed by atoms with Gasteiger partial charge >= 0.3 is 6.61 Å². The van der Waals surface area contributed by atoms with E-state index in [0.29, 0.717) is 18.9 Å². The molecule has 0 unspecified atom stereocenters. The van der Waals surface area contributed by atoms with E-state index < -0.39 is 12.5 Å². The number of morpholine rings is 1. The number of amides is 1. The number of halogens is 2. The molecule has 1 amide bonds. The monoisotopic (exact) mass is 379 g/mol. The van der Waals surface area contributed by atoms with Gasteiger partial charge in [0.1, 0.15) is 5.82 Å². The second-order valence-electron chi connectivity index (χ2n) is 5.67. The average Bonchev–Trinajstić information content (AvgIpc) is 2.69. The summed E-state index contributed by atoms with van der Waals surface area (Å²) in [6.45, 7) is -0.304. The fourth-order valence-electron chi connectivity index (χ4n) is 2.70. The number of aromatic nitrogens is 1. The van der Waals surface area contributed by atoms with Gasteiger partial charge in [-0.15, -0.1) is 0 Å². The van der Waals surface area contributed by atoms with E-state index >= 15 is 0 Å². The first-order chi connectivity index (χ1) is 13.1. The zero-order valence-corrected chi connectivity index (χ0v) is 14.7. The minimum Gasteiger partial charge on any atom is -0.493 e. The van der Waals surface area contributed by atoms with Crippen molar-refractivity contribution in [2.45, 2.75) is 6.61 Å². The number of alkyl halides is 2. The van der Waals surface area contributed by atoms with E-state index in [-0.39, 0.29) is 17.1 Å². The third kappa shape index (κ3) is 4.62. The van der Waals surface area contributed by atoms with Crippen molar-refractivity contribution in [1.29, 1.82) is 0 Å². The van der Waals surface area contributed by atoms with Gasteiger partial charge in [-0.2, -0.15) is 8.78 Å². The summed E-state index contributed by atoms with van der Waals surface area (Å²) in [6, 6.07) is 7.82. The lowest BCUT2D eigenvalue weighted by molar-refractivity contribution is -0.0515. The zero-order valence-electron chi connectivity index (χ0n) is 14.7. The molecule has 0 bridgehead atoms. The molecule has 0 atom stereocenters. The van der Waals surface area contributed by atoms with Gasteiger partial charge in [-0.3, -0.25) is 4.79 Å². The molecule has 0 spiro atoms. The Bertz CT molecular complexity index is 781. The molecule has 0 saturated carbocycles. The fourth-order valence-corrected chi connectivity index (χ4v) is 2.70. The Balaban J connectivity index is 1.75. The molecule has 27 heavy (non-hydrogen) atoms. The number of hydrogen-bond donors (Lipinski definition) is 1. The smallest absolute Gasteiger partial charge is 0.387 e. The first-order valence-electron chi connectivity index (χ1n) is 8.30. The van der Waals surface area contributed by atoms with Crippen molar-refractivity contribution in [3.05, 3.63) is 42.1 Å². The molecule has 1 saturated heterocycles. The Hall–Kier alpha value is -2.94. The van der Waals surface area contributed by atoms with Crippen molar-refractivity contribution in [2.75, 3.05) is 43.6 Å². The van der Waals surface area contributed by atoms with Crippen LogP contribution in [0.4, 0.5) is 20.3 Å². The van der Waals surface area contributed by atoms with Crippen LogP contribution in [0.15, 0.2) is 36.5 Å². The average molecular weight is 379 g/mol. The molecule has 0 aliphatic carbocycles. The Morgan fingerprint density at radius 2 is 2.04 bits per heavy atom. The molecule has 2 heterocycles. The normalized spacial score (nSPS) is 14.1. The Kier molecular flexibility index (Phi) is 6.02. The van der Waals surface area contributed by atoms with Crippen LogP contribution in [0.25, 0.3) is 0 Å². The van der Waals surface area contributed by atoms with Gasteiger partial charge in [-0.05, 0) is 24.3 Å². The van der Waals surface area contributed by atoms with E-state index in [2.05, 4.69) is 19.9 Å². The van der Waals surface area contributed by atoms with Crippen LogP contribution in [0.3, 0.4) is 0 Å². The maximum atomic E-state index is 12.7. The zero-order chi connectivity index (χ0) is 19.2. The second-order valence-corrected chi connectivity index (χ2v) is 5.67. The standard InChI is InChI=1S/C18H19F2N3O4/c1-25-14-4-2-3-13(16(14)27-18(19)20)17(24)22-12-5-6-15(21-11-12)23-7-9-26-10-8-23/h2-6,11,18H,7-10H2,1H3,(H,22,24). The second kappa shape index (κ2) is 8.63. The minimum absolute atomic E-state index is 0.0451. The molecule has 0 radical (unpaired) electrons. The fraction of sp³-hybridized carbons (Fsp3) is 0.333. The number of nitrogens with zero attached hydrogens (tertiary/aromatic N) is 2. The van der Waals surface area contributed by atoms with Crippen molar-refractivity contribution >= 4 is 17.4 Å². The highest BCUT2D eigenvalue weighted by Gasteiger charge is 2.20. The maximum Gasteiger partial charge on any atom is 0.387 e. The molecule has 3 rings (SSSR count). The highest BCUT2D eigenvalue weighted by molar-refractivity contribution is 6.06. The summed E-state index contributed by atoms with van der Waals surface area (Å²) in [5.74, 6) is -0.0981. The van der Waals surface area contributed by atoms with Crippen LogP contribution in [0.5, 0.6) is 11.5 Å². The Labute approximate surface area is 154 Å². The summed E-state index contributed by atoms with van der Waals surface area (Å²) in [5, 5.41) is 2.63. The van der Waals surface area contributed by atoms with E-state index in [0.717, 1.165) is 18.9 Å². The largest absolute Gasteiger partial charge is 0.493 e. The molecule has 9 heteroatoms. The number of rotatable bonds is 6. The molecule has 1 aliphatic heterocycles. The van der Waals surface area contributed by atoms with E-state index in [4.69, 9.17) is 9.47 Å². The Morgan fingerprint density at radius 1 is 1.26 bits per heavy atom. The van der Waals surface area contributed by atoms with Gasteiger partial charge in [0.2, 0.25) is 0 Å². The third-order valence-electron chi connectivity index (χ3n) is 3.99. The van der Waals surface area contributed by atoms with Crippen LogP contribution in [0.2, 0.25) is 0 Å². The lowest BCUT2D eigenvalue weighted by atomic mass is 10.1. The quantitative estimate of drug-likeness (QED) is 0.832. The maximum absolute atomic E-state index is 12.7. The van der Waals surface area contributed by atoms with Crippen LogP contribution < -0.4 is 19.7 Å². The van der Waals surface area contributed by atoms with Gasteiger partial charge in [-0.1, -0.05) is 6.07 Å². The van der Waals surface area contributed by atoms with Crippen LogP contribution in [0, 0.1) is 0 Å². The number of para-hydroxylation sites is 1. The molecule has 1 aromatic heterocycles. The SMILES string of the molecule is COc1cccc(C(=O)Nc2ccc(N3CCOCC3)nc2)c1OC(F)F. The van der Waals surface area contributed by atoms with E-state index in [1.54, 1.807) is 12.1 Å². The predicted molar refractivity (Wildman–Crippen MR) is 94.8 cm³/mol. The van der Waals surface area contributed by atoms with E-state index in [1.165, 1.54) is 31.5 Å². The number of benzene rings is 1. The minimum atomic E-state index is -3.08. The lowest BCUT2D eigenvalue weighted by Crippen LogP contribution is -2.36. The first-order valence-corrected chi connectivity index (χ1v) is 8.30. The van der Waals surface area contributed by atoms with Gasteiger partial charge in [0.15, 0.2) is 11.5 Å². The highest BCUT2D eigenvalue weighted by atomic mass is 19.3. The number of methoxy groups -OCH3 is 1. The number of anilines is 2. The van der Waals surface area contributed by atoms with Gasteiger partial charge in [0, 0.05) is 13.1 Å². The van der Waals surface area contributed by atoms with Gasteiger partial charge in [0.05, 0.1) is 37.8 Å². The highest BCUT2D eigenvalue weighted by Crippen LogP contribution is 2.33.